The van der Waals surface area contributed by atoms with Crippen molar-refractivity contribution < 1.29 is 0 Å². The second kappa shape index (κ2) is 4.49. The molecule has 2 aromatic rings. The minimum absolute atomic E-state index is 0.912. The highest BCUT2D eigenvalue weighted by molar-refractivity contribution is 7.12. The topological polar surface area (TPSA) is 33.4 Å². The molecule has 0 unspecified atom stereocenters. The highest BCUT2D eigenvalue weighted by atomic mass is 32.1. The summed E-state index contributed by atoms with van der Waals surface area (Å²) in [6.07, 6.45) is 5.43. The molecule has 0 atom stereocenters. The summed E-state index contributed by atoms with van der Waals surface area (Å²) in [4.78, 5) is 5.23. The second-order valence-corrected chi connectivity index (χ2v) is 4.59. The van der Waals surface area contributed by atoms with Crippen molar-refractivity contribution in [3.05, 3.63) is 40.6 Å². The molecule has 0 aliphatic carbocycles. The summed E-state index contributed by atoms with van der Waals surface area (Å²) in [5, 5.41) is 8.38. The number of nitrogens with zero attached hydrogens (tertiary/aromatic N) is 4. The minimum atomic E-state index is 0.912. The molecule has 16 heavy (non-hydrogen) atoms. The van der Waals surface area contributed by atoms with E-state index in [4.69, 9.17) is 0 Å². The van der Waals surface area contributed by atoms with Crippen LogP contribution in [0, 0.1) is 6.92 Å². The second-order valence-electron chi connectivity index (χ2n) is 3.67. The Hall–Kier alpha value is -1.62. The summed E-state index contributed by atoms with van der Waals surface area (Å²) >= 11 is 1.69. The van der Waals surface area contributed by atoms with E-state index in [1.54, 1.807) is 28.9 Å². The first-order chi connectivity index (χ1) is 7.68. The van der Waals surface area contributed by atoms with Crippen LogP contribution in [0.5, 0.6) is 0 Å². The van der Waals surface area contributed by atoms with Crippen LogP contribution in [0.1, 0.15) is 10.4 Å². The zero-order valence-corrected chi connectivity index (χ0v) is 10.4. The Morgan fingerprint density at radius 2 is 2.31 bits per heavy atom. The number of thiophene rings is 1. The lowest BCUT2D eigenvalue weighted by Gasteiger charge is -2.11. The minimum Gasteiger partial charge on any atom is -0.301 e. The van der Waals surface area contributed by atoms with Gasteiger partial charge in [0, 0.05) is 26.5 Å². The van der Waals surface area contributed by atoms with Crippen LogP contribution in [-0.4, -0.2) is 34.5 Å². The molecule has 2 rings (SSSR count). The molecule has 0 N–H and O–H groups in total. The first-order valence-electron chi connectivity index (χ1n) is 4.97. The molecule has 0 aliphatic rings. The Bertz CT molecular complexity index is 482. The number of hydrazone groups is 1. The molecule has 0 aromatic carbocycles. The first kappa shape index (κ1) is 10.9. The Kier molecular flexibility index (Phi) is 3.05. The Morgan fingerprint density at radius 1 is 1.50 bits per heavy atom. The summed E-state index contributed by atoms with van der Waals surface area (Å²) < 4.78 is 1.93. The van der Waals surface area contributed by atoms with E-state index in [0.717, 1.165) is 5.84 Å². The normalized spacial score (nSPS) is 11.8. The van der Waals surface area contributed by atoms with Gasteiger partial charge in [0.25, 0.3) is 0 Å². The largest absolute Gasteiger partial charge is 0.301 e. The molecule has 0 amide bonds. The highest BCUT2D eigenvalue weighted by Crippen LogP contribution is 2.17. The highest BCUT2D eigenvalue weighted by Gasteiger charge is 2.10. The zero-order chi connectivity index (χ0) is 11.5. The van der Waals surface area contributed by atoms with E-state index in [2.05, 4.69) is 28.5 Å². The van der Waals surface area contributed by atoms with Crippen LogP contribution in [0.25, 0.3) is 0 Å². The van der Waals surface area contributed by atoms with Gasteiger partial charge >= 0.3 is 0 Å². The third-order valence-electron chi connectivity index (χ3n) is 2.11. The van der Waals surface area contributed by atoms with Crippen molar-refractivity contribution in [3.8, 4) is 0 Å². The van der Waals surface area contributed by atoms with Gasteiger partial charge in [-0.15, -0.1) is 11.3 Å². The number of aryl methyl sites for hydroxylation is 1. The van der Waals surface area contributed by atoms with Crippen LogP contribution in [0.3, 0.4) is 0 Å². The molecule has 0 saturated carbocycles. The summed E-state index contributed by atoms with van der Waals surface area (Å²) in [6, 6.07) is 2.10. The molecular weight excluding hydrogens is 220 g/mol. The van der Waals surface area contributed by atoms with Crippen LogP contribution in [0.15, 0.2) is 35.3 Å². The predicted molar refractivity (Wildman–Crippen MR) is 66.9 cm³/mol. The molecule has 0 fully saturated rings. The fourth-order valence-corrected chi connectivity index (χ4v) is 2.30. The Balaban J connectivity index is 2.49. The fourth-order valence-electron chi connectivity index (χ4n) is 1.39. The zero-order valence-electron chi connectivity index (χ0n) is 9.58. The molecule has 5 heteroatoms. The maximum Gasteiger partial charge on any atom is 0.175 e. The predicted octanol–water partition coefficient (Wildman–Crippen LogP) is 2.02. The number of imidazole rings is 1. The van der Waals surface area contributed by atoms with E-state index in [1.807, 2.05) is 24.9 Å². The van der Waals surface area contributed by atoms with E-state index < -0.39 is 0 Å². The third-order valence-corrected chi connectivity index (χ3v) is 3.12. The maximum absolute atomic E-state index is 4.51. The van der Waals surface area contributed by atoms with Crippen molar-refractivity contribution in [1.29, 1.82) is 0 Å². The van der Waals surface area contributed by atoms with Gasteiger partial charge in [-0.2, -0.15) is 5.10 Å². The molecule has 0 radical (unpaired) electrons. The maximum atomic E-state index is 4.51. The van der Waals surface area contributed by atoms with Gasteiger partial charge in [-0.1, -0.05) is 0 Å². The SMILES string of the molecule is Cc1ccsc1/C(=N/N(C)C)n1ccnc1. The van der Waals surface area contributed by atoms with Crippen LogP contribution in [0.2, 0.25) is 0 Å². The van der Waals surface area contributed by atoms with Crippen molar-refractivity contribution in [1.82, 2.24) is 14.6 Å². The lowest BCUT2D eigenvalue weighted by Crippen LogP contribution is -2.16. The quantitative estimate of drug-likeness (QED) is 0.452. The van der Waals surface area contributed by atoms with Crippen molar-refractivity contribution in [2.45, 2.75) is 6.92 Å². The van der Waals surface area contributed by atoms with Crippen molar-refractivity contribution >= 4 is 17.2 Å². The van der Waals surface area contributed by atoms with Gasteiger partial charge in [0.2, 0.25) is 0 Å². The van der Waals surface area contributed by atoms with Gasteiger partial charge in [-0.05, 0) is 23.9 Å². The number of aromatic nitrogens is 2. The third kappa shape index (κ3) is 2.14. The average molecular weight is 234 g/mol. The molecule has 84 valence electrons. The summed E-state index contributed by atoms with van der Waals surface area (Å²) in [7, 11) is 3.83. The molecule has 4 nitrogen and oxygen atoms in total. The van der Waals surface area contributed by atoms with Crippen molar-refractivity contribution in [3.63, 3.8) is 0 Å². The summed E-state index contributed by atoms with van der Waals surface area (Å²) in [6.45, 7) is 2.09. The fraction of sp³-hybridized carbons (Fsp3) is 0.273. The monoisotopic (exact) mass is 234 g/mol. The average Bonchev–Trinajstić information content (AvgIpc) is 2.84. The van der Waals surface area contributed by atoms with E-state index in [1.165, 1.54) is 10.4 Å². The van der Waals surface area contributed by atoms with Crippen LogP contribution in [0.4, 0.5) is 0 Å². The van der Waals surface area contributed by atoms with Crippen molar-refractivity contribution in [2.24, 2.45) is 5.10 Å². The molecule has 2 aromatic heterocycles. The molecule has 2 heterocycles. The van der Waals surface area contributed by atoms with Gasteiger partial charge in [0.1, 0.15) is 6.33 Å². The number of rotatable bonds is 2. The van der Waals surface area contributed by atoms with E-state index in [0.29, 0.717) is 0 Å². The lowest BCUT2D eigenvalue weighted by atomic mass is 10.3. The first-order valence-corrected chi connectivity index (χ1v) is 5.85. The standard InChI is InChI=1S/C11H14N4S/c1-9-4-7-16-10(9)11(13-14(2)3)15-6-5-12-8-15/h4-8H,1-3H3/b13-11-. The van der Waals surface area contributed by atoms with Crippen molar-refractivity contribution in [2.75, 3.05) is 14.1 Å². The van der Waals surface area contributed by atoms with Gasteiger partial charge in [0.15, 0.2) is 5.84 Å². The van der Waals surface area contributed by atoms with Crippen LogP contribution >= 0.6 is 11.3 Å². The van der Waals surface area contributed by atoms with Gasteiger partial charge in [-0.25, -0.2) is 4.98 Å². The van der Waals surface area contributed by atoms with Crippen LogP contribution in [-0.2, 0) is 0 Å². The van der Waals surface area contributed by atoms with E-state index >= 15 is 0 Å². The molecule has 0 saturated heterocycles. The van der Waals surface area contributed by atoms with E-state index in [9.17, 15) is 0 Å². The molecule has 0 spiro atoms. The summed E-state index contributed by atoms with van der Waals surface area (Å²) in [5.74, 6) is 0.912. The summed E-state index contributed by atoms with van der Waals surface area (Å²) in [5.41, 5.74) is 1.24. The van der Waals surface area contributed by atoms with Gasteiger partial charge in [0.05, 0.1) is 4.88 Å². The molecule has 0 aliphatic heterocycles. The number of hydrogen-bond donors (Lipinski definition) is 0. The Morgan fingerprint density at radius 3 is 2.81 bits per heavy atom. The van der Waals surface area contributed by atoms with Gasteiger partial charge in [-0.3, -0.25) is 4.57 Å². The van der Waals surface area contributed by atoms with Crippen LogP contribution < -0.4 is 0 Å². The number of hydrogen-bond acceptors (Lipinski definition) is 4. The lowest BCUT2D eigenvalue weighted by molar-refractivity contribution is 0.436. The molecular formula is C11H14N4S. The van der Waals surface area contributed by atoms with Gasteiger partial charge < -0.3 is 5.01 Å². The Labute approximate surface area is 98.9 Å². The van der Waals surface area contributed by atoms with E-state index in [-0.39, 0.29) is 0 Å². The smallest absolute Gasteiger partial charge is 0.175 e. The molecule has 0 bridgehead atoms.